The number of hydrogen-bond acceptors (Lipinski definition) is 4. The van der Waals surface area contributed by atoms with Crippen molar-refractivity contribution < 1.29 is 0 Å². The Labute approximate surface area is 162 Å². The molecule has 0 bridgehead atoms. The predicted octanol–water partition coefficient (Wildman–Crippen LogP) is 4.11. The molecule has 5 rings (SSSR count). The molecule has 0 unspecified atom stereocenters. The molecule has 0 radical (unpaired) electrons. The molecule has 5 aromatic rings. The monoisotopic (exact) mass is 368 g/mol. The number of fused-ring (bicyclic) bond motifs is 3. The molecule has 0 amide bonds. The molecule has 0 spiro atoms. The van der Waals surface area contributed by atoms with Crippen molar-refractivity contribution in [2.45, 2.75) is 27.3 Å². The molecule has 6 heteroatoms. The molecule has 0 aliphatic carbocycles. The van der Waals surface area contributed by atoms with Gasteiger partial charge in [0, 0.05) is 30.2 Å². The summed E-state index contributed by atoms with van der Waals surface area (Å²) in [6.45, 7) is 7.09. The van der Waals surface area contributed by atoms with E-state index in [2.05, 4.69) is 47.6 Å². The third-order valence-electron chi connectivity index (χ3n) is 5.31. The van der Waals surface area contributed by atoms with Gasteiger partial charge >= 0.3 is 0 Å². The molecule has 0 fully saturated rings. The first-order chi connectivity index (χ1) is 13.6. The van der Waals surface area contributed by atoms with Gasteiger partial charge < -0.3 is 4.57 Å². The lowest BCUT2D eigenvalue weighted by Gasteiger charge is -2.07. The number of pyridine rings is 1. The third-order valence-corrected chi connectivity index (χ3v) is 5.31. The Morgan fingerprint density at radius 2 is 1.79 bits per heavy atom. The van der Waals surface area contributed by atoms with Crippen LogP contribution in [0.2, 0.25) is 0 Å². The zero-order chi connectivity index (χ0) is 19.3. The van der Waals surface area contributed by atoms with E-state index in [-0.39, 0.29) is 0 Å². The number of rotatable bonds is 3. The van der Waals surface area contributed by atoms with Crippen molar-refractivity contribution in [3.8, 4) is 11.4 Å². The molecule has 4 aromatic heterocycles. The van der Waals surface area contributed by atoms with Gasteiger partial charge in [0.1, 0.15) is 12.0 Å². The molecule has 0 atom stereocenters. The molecule has 0 aliphatic rings. The van der Waals surface area contributed by atoms with E-state index in [1.54, 1.807) is 10.8 Å². The minimum Gasteiger partial charge on any atom is -0.325 e. The van der Waals surface area contributed by atoms with Gasteiger partial charge in [-0.15, -0.1) is 5.10 Å². The van der Waals surface area contributed by atoms with Crippen LogP contribution in [0, 0.1) is 20.8 Å². The van der Waals surface area contributed by atoms with E-state index in [1.165, 1.54) is 22.4 Å². The lowest BCUT2D eigenvalue weighted by atomic mass is 10.1. The Kier molecular flexibility index (Phi) is 3.72. The van der Waals surface area contributed by atoms with Gasteiger partial charge in [-0.3, -0.25) is 4.98 Å². The lowest BCUT2D eigenvalue weighted by molar-refractivity contribution is 0.786. The Hall–Kier alpha value is -3.54. The van der Waals surface area contributed by atoms with E-state index in [0.29, 0.717) is 0 Å². The van der Waals surface area contributed by atoms with Crippen LogP contribution in [0.3, 0.4) is 0 Å². The van der Waals surface area contributed by atoms with Crippen molar-refractivity contribution in [2.24, 2.45) is 0 Å². The minimum absolute atomic E-state index is 0.719. The van der Waals surface area contributed by atoms with Gasteiger partial charge in [0.15, 0.2) is 11.5 Å². The normalized spacial score (nSPS) is 11.5. The van der Waals surface area contributed by atoms with Crippen molar-refractivity contribution in [3.05, 3.63) is 77.5 Å². The van der Waals surface area contributed by atoms with E-state index >= 15 is 0 Å². The number of nitrogens with zero attached hydrogens (tertiary/aromatic N) is 6. The number of hydrogen-bond donors (Lipinski definition) is 0. The quantitative estimate of drug-likeness (QED) is 0.481. The highest BCUT2D eigenvalue weighted by atomic mass is 15.3. The highest BCUT2D eigenvalue weighted by molar-refractivity contribution is 5.94. The summed E-state index contributed by atoms with van der Waals surface area (Å²) in [6, 6.07) is 12.3. The Morgan fingerprint density at radius 3 is 2.57 bits per heavy atom. The summed E-state index contributed by atoms with van der Waals surface area (Å²) in [5.74, 6) is 0.719. The van der Waals surface area contributed by atoms with Gasteiger partial charge in [-0.25, -0.2) is 14.5 Å². The Morgan fingerprint density at radius 1 is 0.964 bits per heavy atom. The summed E-state index contributed by atoms with van der Waals surface area (Å²) in [5.41, 5.74) is 7.55. The highest BCUT2D eigenvalue weighted by Crippen LogP contribution is 2.29. The molecule has 28 heavy (non-hydrogen) atoms. The zero-order valence-electron chi connectivity index (χ0n) is 16.1. The summed E-state index contributed by atoms with van der Waals surface area (Å²) >= 11 is 0. The van der Waals surface area contributed by atoms with Gasteiger partial charge in [-0.05, 0) is 50.1 Å². The molecule has 1 aromatic carbocycles. The molecular formula is C22H20N6. The minimum atomic E-state index is 0.719. The summed E-state index contributed by atoms with van der Waals surface area (Å²) in [6.07, 6.45) is 5.40. The van der Waals surface area contributed by atoms with Crippen LogP contribution in [0.4, 0.5) is 0 Å². The highest BCUT2D eigenvalue weighted by Gasteiger charge is 2.18. The standard InChI is InChI=1S/C22H20N6/c1-14-5-4-6-18(11-14)20-25-22-19-15(2)16(3)27(12-17-7-9-23-10-8-17)21(19)24-13-28(22)26-20/h4-11,13H,12H2,1-3H3. The van der Waals surface area contributed by atoms with E-state index in [1.807, 2.05) is 36.7 Å². The average molecular weight is 368 g/mol. The van der Waals surface area contributed by atoms with Crippen LogP contribution < -0.4 is 0 Å². The first-order valence-electron chi connectivity index (χ1n) is 9.28. The second kappa shape index (κ2) is 6.27. The van der Waals surface area contributed by atoms with Gasteiger partial charge in [0.2, 0.25) is 0 Å². The van der Waals surface area contributed by atoms with E-state index in [9.17, 15) is 0 Å². The maximum atomic E-state index is 4.86. The molecular weight excluding hydrogens is 348 g/mol. The van der Waals surface area contributed by atoms with Gasteiger partial charge in [-0.1, -0.05) is 23.8 Å². The summed E-state index contributed by atoms with van der Waals surface area (Å²) in [4.78, 5) is 13.7. The first-order valence-corrected chi connectivity index (χ1v) is 9.28. The average Bonchev–Trinajstić information content (AvgIpc) is 3.24. The lowest BCUT2D eigenvalue weighted by Crippen LogP contribution is -2.03. The molecule has 4 heterocycles. The Balaban J connectivity index is 1.71. The number of aromatic nitrogens is 6. The van der Waals surface area contributed by atoms with Crippen molar-refractivity contribution in [1.82, 2.24) is 29.1 Å². The fraction of sp³-hybridized carbons (Fsp3) is 0.182. The van der Waals surface area contributed by atoms with Crippen molar-refractivity contribution in [3.63, 3.8) is 0 Å². The largest absolute Gasteiger partial charge is 0.325 e. The van der Waals surface area contributed by atoms with Crippen LogP contribution in [0.15, 0.2) is 55.1 Å². The smallest absolute Gasteiger partial charge is 0.182 e. The topological polar surface area (TPSA) is 60.9 Å². The fourth-order valence-corrected chi connectivity index (χ4v) is 3.70. The molecule has 0 saturated heterocycles. The van der Waals surface area contributed by atoms with Gasteiger partial charge in [0.25, 0.3) is 0 Å². The fourth-order valence-electron chi connectivity index (χ4n) is 3.70. The van der Waals surface area contributed by atoms with Crippen LogP contribution >= 0.6 is 0 Å². The van der Waals surface area contributed by atoms with Crippen molar-refractivity contribution >= 4 is 16.7 Å². The number of benzene rings is 1. The second-order valence-electron chi connectivity index (χ2n) is 7.17. The van der Waals surface area contributed by atoms with Crippen LogP contribution in [0.5, 0.6) is 0 Å². The van der Waals surface area contributed by atoms with E-state index in [4.69, 9.17) is 9.97 Å². The summed E-state index contributed by atoms with van der Waals surface area (Å²) < 4.78 is 4.02. The van der Waals surface area contributed by atoms with Crippen LogP contribution in [0.1, 0.15) is 22.4 Å². The maximum absolute atomic E-state index is 4.86. The van der Waals surface area contributed by atoms with Crippen molar-refractivity contribution in [1.29, 1.82) is 0 Å². The predicted molar refractivity (Wildman–Crippen MR) is 109 cm³/mol. The molecule has 6 nitrogen and oxygen atoms in total. The van der Waals surface area contributed by atoms with Crippen molar-refractivity contribution in [2.75, 3.05) is 0 Å². The SMILES string of the molecule is Cc1cccc(-c2nc3c4c(C)c(C)n(Cc5ccncc5)c4ncn3n2)c1. The molecule has 0 N–H and O–H groups in total. The summed E-state index contributed by atoms with van der Waals surface area (Å²) in [5, 5.41) is 5.72. The van der Waals surface area contributed by atoms with Gasteiger partial charge in [0.05, 0.1) is 5.39 Å². The Bertz CT molecular complexity index is 1310. The number of aryl methyl sites for hydroxylation is 2. The van der Waals surface area contributed by atoms with Crippen LogP contribution in [0.25, 0.3) is 28.1 Å². The van der Waals surface area contributed by atoms with E-state index < -0.39 is 0 Å². The second-order valence-corrected chi connectivity index (χ2v) is 7.17. The first kappa shape index (κ1) is 16.6. The molecule has 0 saturated carbocycles. The van der Waals surface area contributed by atoms with Gasteiger partial charge in [-0.2, -0.15) is 0 Å². The van der Waals surface area contributed by atoms with Crippen LogP contribution in [-0.4, -0.2) is 29.1 Å². The van der Waals surface area contributed by atoms with Crippen LogP contribution in [-0.2, 0) is 6.54 Å². The van der Waals surface area contributed by atoms with E-state index in [0.717, 1.165) is 34.6 Å². The third kappa shape index (κ3) is 2.57. The summed E-state index contributed by atoms with van der Waals surface area (Å²) in [7, 11) is 0. The zero-order valence-corrected chi connectivity index (χ0v) is 16.1. The molecule has 138 valence electrons. The molecule has 0 aliphatic heterocycles. The maximum Gasteiger partial charge on any atom is 0.182 e.